The summed E-state index contributed by atoms with van der Waals surface area (Å²) < 4.78 is 16.9. The summed E-state index contributed by atoms with van der Waals surface area (Å²) in [4.78, 5) is 0. The summed E-state index contributed by atoms with van der Waals surface area (Å²) in [7, 11) is 1.64. The lowest BCUT2D eigenvalue weighted by atomic mass is 9.93. The maximum absolute atomic E-state index is 9.29. The van der Waals surface area contributed by atoms with Gasteiger partial charge < -0.3 is 19.3 Å². The molecule has 0 aliphatic carbocycles. The first-order valence-corrected chi connectivity index (χ1v) is 6.67. The fourth-order valence-corrected chi connectivity index (χ4v) is 2.38. The average molecular weight is 266 g/mol. The van der Waals surface area contributed by atoms with Crippen molar-refractivity contribution >= 4 is 0 Å². The Bertz CT molecular complexity index is 386. The Morgan fingerprint density at radius 1 is 1.37 bits per heavy atom. The van der Waals surface area contributed by atoms with E-state index in [9.17, 15) is 5.11 Å². The molecule has 1 aliphatic rings. The monoisotopic (exact) mass is 266 g/mol. The molecule has 4 atom stereocenters. The first-order chi connectivity index (χ1) is 9.15. The molecule has 1 saturated heterocycles. The molecule has 4 nitrogen and oxygen atoms in total. The number of benzene rings is 1. The van der Waals surface area contributed by atoms with Crippen molar-refractivity contribution in [2.24, 2.45) is 11.8 Å². The minimum absolute atomic E-state index is 0.0193. The minimum atomic E-state index is -0.360. The molecule has 1 fully saturated rings. The van der Waals surface area contributed by atoms with Crippen LogP contribution in [0.15, 0.2) is 24.3 Å². The Morgan fingerprint density at radius 2 is 2.05 bits per heavy atom. The minimum Gasteiger partial charge on any atom is -0.497 e. The lowest BCUT2D eigenvalue weighted by Gasteiger charge is -2.37. The molecule has 1 aromatic rings. The molecule has 1 aliphatic heterocycles. The summed E-state index contributed by atoms with van der Waals surface area (Å²) >= 11 is 0. The number of rotatable bonds is 4. The summed E-state index contributed by atoms with van der Waals surface area (Å²) in [5.41, 5.74) is 0.975. The number of aliphatic hydroxyl groups excluding tert-OH is 1. The number of hydrogen-bond donors (Lipinski definition) is 1. The third-order valence-corrected chi connectivity index (χ3v) is 3.59. The number of hydrogen-bond acceptors (Lipinski definition) is 4. The van der Waals surface area contributed by atoms with Crippen molar-refractivity contribution in [2.45, 2.75) is 26.2 Å². The lowest BCUT2D eigenvalue weighted by molar-refractivity contribution is -0.251. The van der Waals surface area contributed by atoms with Gasteiger partial charge in [0.05, 0.1) is 19.8 Å². The van der Waals surface area contributed by atoms with Gasteiger partial charge in [0, 0.05) is 24.0 Å². The van der Waals surface area contributed by atoms with Gasteiger partial charge in [0.1, 0.15) is 5.75 Å². The summed E-state index contributed by atoms with van der Waals surface area (Å²) in [6.45, 7) is 4.86. The van der Waals surface area contributed by atoms with Crippen LogP contribution < -0.4 is 4.74 Å². The van der Waals surface area contributed by atoms with Crippen molar-refractivity contribution in [1.82, 2.24) is 0 Å². The van der Waals surface area contributed by atoms with Gasteiger partial charge in [-0.25, -0.2) is 0 Å². The third kappa shape index (κ3) is 3.26. The quantitative estimate of drug-likeness (QED) is 0.909. The Morgan fingerprint density at radius 3 is 2.63 bits per heavy atom. The summed E-state index contributed by atoms with van der Waals surface area (Å²) in [6, 6.07) is 7.68. The van der Waals surface area contributed by atoms with Crippen LogP contribution in [0, 0.1) is 11.8 Å². The highest BCUT2D eigenvalue weighted by atomic mass is 16.7. The Hall–Kier alpha value is -1.10. The van der Waals surface area contributed by atoms with Crippen LogP contribution in [0.3, 0.4) is 0 Å². The molecule has 1 heterocycles. The van der Waals surface area contributed by atoms with Crippen LogP contribution in [-0.2, 0) is 9.47 Å². The Balaban J connectivity index is 2.08. The van der Waals surface area contributed by atoms with Gasteiger partial charge in [0.2, 0.25) is 0 Å². The summed E-state index contributed by atoms with van der Waals surface area (Å²) in [5.74, 6) is 1.21. The van der Waals surface area contributed by atoms with E-state index in [1.165, 1.54) is 0 Å². The third-order valence-electron chi connectivity index (χ3n) is 3.59. The fraction of sp³-hybridized carbons (Fsp3) is 0.600. The van der Waals surface area contributed by atoms with E-state index in [0.717, 1.165) is 11.3 Å². The molecule has 0 unspecified atom stereocenters. The zero-order valence-electron chi connectivity index (χ0n) is 11.7. The number of methoxy groups -OCH3 is 1. The summed E-state index contributed by atoms with van der Waals surface area (Å²) in [5, 5.41) is 9.29. The van der Waals surface area contributed by atoms with Crippen LogP contribution in [0.2, 0.25) is 0 Å². The molecule has 19 heavy (non-hydrogen) atoms. The average Bonchev–Trinajstić information content (AvgIpc) is 2.47. The van der Waals surface area contributed by atoms with Gasteiger partial charge >= 0.3 is 0 Å². The largest absolute Gasteiger partial charge is 0.497 e. The smallest absolute Gasteiger partial charge is 0.184 e. The van der Waals surface area contributed by atoms with Crippen molar-refractivity contribution in [1.29, 1.82) is 0 Å². The fourth-order valence-electron chi connectivity index (χ4n) is 2.38. The van der Waals surface area contributed by atoms with Gasteiger partial charge in [-0.05, 0) is 12.1 Å². The first kappa shape index (κ1) is 14.3. The predicted molar refractivity (Wildman–Crippen MR) is 72.0 cm³/mol. The second-order valence-electron chi connectivity index (χ2n) is 5.18. The van der Waals surface area contributed by atoms with Gasteiger partial charge in [-0.3, -0.25) is 0 Å². The molecule has 2 rings (SSSR count). The van der Waals surface area contributed by atoms with E-state index in [1.54, 1.807) is 7.11 Å². The van der Waals surface area contributed by atoms with Gasteiger partial charge in [-0.1, -0.05) is 26.0 Å². The highest BCUT2D eigenvalue weighted by molar-refractivity contribution is 5.28. The second-order valence-corrected chi connectivity index (χ2v) is 5.18. The Labute approximate surface area is 114 Å². The van der Waals surface area contributed by atoms with Crippen molar-refractivity contribution in [3.63, 3.8) is 0 Å². The SMILES string of the molecule is COc1ccc([C@@H]2OC[C@@H](C)[C@H]([C@@H](C)CO)O2)cc1. The van der Waals surface area contributed by atoms with E-state index < -0.39 is 0 Å². The molecular weight excluding hydrogens is 244 g/mol. The lowest BCUT2D eigenvalue weighted by Crippen LogP contribution is -2.40. The van der Waals surface area contributed by atoms with Gasteiger partial charge in [-0.15, -0.1) is 0 Å². The van der Waals surface area contributed by atoms with Gasteiger partial charge in [-0.2, -0.15) is 0 Å². The Kier molecular flexibility index (Phi) is 4.80. The maximum atomic E-state index is 9.29. The zero-order chi connectivity index (χ0) is 13.8. The molecule has 1 aromatic carbocycles. The molecule has 106 valence electrons. The summed E-state index contributed by atoms with van der Waals surface area (Å²) in [6.07, 6.45) is -0.341. The predicted octanol–water partition coefficient (Wildman–Crippen LogP) is 2.37. The molecule has 1 N–H and O–H groups in total. The highest BCUT2D eigenvalue weighted by Gasteiger charge is 2.33. The molecule has 0 amide bonds. The van der Waals surface area contributed by atoms with Crippen LogP contribution >= 0.6 is 0 Å². The second kappa shape index (κ2) is 6.37. The molecule has 0 spiro atoms. The van der Waals surface area contributed by atoms with E-state index in [2.05, 4.69) is 6.92 Å². The van der Waals surface area contributed by atoms with E-state index in [4.69, 9.17) is 14.2 Å². The topological polar surface area (TPSA) is 47.9 Å². The van der Waals surface area contributed by atoms with Crippen LogP contribution in [0.4, 0.5) is 0 Å². The van der Waals surface area contributed by atoms with Crippen LogP contribution in [0.5, 0.6) is 5.75 Å². The maximum Gasteiger partial charge on any atom is 0.184 e. The molecule has 4 heteroatoms. The zero-order valence-corrected chi connectivity index (χ0v) is 11.7. The van der Waals surface area contributed by atoms with Crippen molar-refractivity contribution in [3.8, 4) is 5.75 Å². The van der Waals surface area contributed by atoms with Crippen molar-refractivity contribution in [2.75, 3.05) is 20.3 Å². The molecule has 0 bridgehead atoms. The van der Waals surface area contributed by atoms with Crippen LogP contribution in [0.1, 0.15) is 25.7 Å². The van der Waals surface area contributed by atoms with E-state index in [-0.39, 0.29) is 30.8 Å². The van der Waals surface area contributed by atoms with E-state index in [0.29, 0.717) is 6.61 Å². The standard InChI is InChI=1S/C15H22O4/c1-10(8-16)14-11(2)9-18-15(19-14)12-4-6-13(17-3)7-5-12/h4-7,10-11,14-16H,8-9H2,1-3H3/t10-,11+,14-,15+/m0/s1. The molecule has 0 saturated carbocycles. The van der Waals surface area contributed by atoms with Gasteiger partial charge in [0.25, 0.3) is 0 Å². The van der Waals surface area contributed by atoms with E-state index in [1.807, 2.05) is 31.2 Å². The molecular formula is C15H22O4. The molecule has 0 radical (unpaired) electrons. The molecule has 0 aromatic heterocycles. The van der Waals surface area contributed by atoms with Crippen LogP contribution in [0.25, 0.3) is 0 Å². The van der Waals surface area contributed by atoms with E-state index >= 15 is 0 Å². The normalized spacial score (nSPS) is 28.9. The van der Waals surface area contributed by atoms with Crippen LogP contribution in [-0.4, -0.2) is 31.5 Å². The first-order valence-electron chi connectivity index (χ1n) is 6.67. The highest BCUT2D eigenvalue weighted by Crippen LogP contribution is 2.32. The number of ether oxygens (including phenoxy) is 3. The van der Waals surface area contributed by atoms with Crippen molar-refractivity contribution < 1.29 is 19.3 Å². The van der Waals surface area contributed by atoms with Crippen molar-refractivity contribution in [3.05, 3.63) is 29.8 Å². The number of aliphatic hydroxyl groups is 1. The van der Waals surface area contributed by atoms with Gasteiger partial charge in [0.15, 0.2) is 6.29 Å².